The van der Waals surface area contributed by atoms with Crippen LogP contribution < -0.4 is 9.64 Å². The number of phenols is 1. The molecule has 5 rings (SSSR count). The molecule has 1 aromatic heterocycles. The predicted molar refractivity (Wildman–Crippen MR) is 143 cm³/mol. The van der Waals surface area contributed by atoms with Crippen LogP contribution in [0, 0.1) is 0 Å². The first-order valence-corrected chi connectivity index (χ1v) is 12.1. The van der Waals surface area contributed by atoms with E-state index in [-0.39, 0.29) is 34.5 Å². The highest BCUT2D eigenvalue weighted by Crippen LogP contribution is 2.42. The Morgan fingerprint density at radius 1 is 1.00 bits per heavy atom. The first-order valence-electron chi connectivity index (χ1n) is 12.1. The Bertz CT molecular complexity index is 1670. The molecule has 1 amide bonds. The van der Waals surface area contributed by atoms with Gasteiger partial charge in [-0.15, -0.1) is 0 Å². The Morgan fingerprint density at radius 2 is 1.69 bits per heavy atom. The number of methoxy groups -OCH3 is 1. The standard InChI is InChI=1S/C29H25N3O7/c1-14(2)19-12-16(7-11-22(19)39-3)25(34)23-24(15-4-8-18(33)9-5-15)32(27(36)26(23)35)29-30-20-10-6-17(28(37)38)13-21(20)31-29/h4-14,24,33-34H,1-3H3,(H,30,31)(H,37,38)/b25-23+. The number of H-pyrrole nitrogens is 1. The first kappa shape index (κ1) is 25.5. The maximum atomic E-state index is 13.5. The molecule has 1 atom stereocenters. The summed E-state index contributed by atoms with van der Waals surface area (Å²) < 4.78 is 5.43. The number of nitrogens with one attached hydrogen (secondary N) is 1. The highest BCUT2D eigenvalue weighted by Gasteiger charge is 2.48. The second-order valence-electron chi connectivity index (χ2n) is 9.47. The number of carbonyl (C=O) groups excluding carboxylic acids is 2. The number of fused-ring (bicyclic) bond motifs is 1. The van der Waals surface area contributed by atoms with E-state index in [2.05, 4.69) is 9.97 Å². The van der Waals surface area contributed by atoms with Crippen molar-refractivity contribution in [3.8, 4) is 11.5 Å². The third-order valence-electron chi connectivity index (χ3n) is 6.72. The Hall–Kier alpha value is -5.12. The molecule has 0 spiro atoms. The van der Waals surface area contributed by atoms with Crippen molar-refractivity contribution in [3.63, 3.8) is 0 Å². The van der Waals surface area contributed by atoms with Gasteiger partial charge in [-0.25, -0.2) is 9.78 Å². The molecule has 1 aliphatic rings. The van der Waals surface area contributed by atoms with Crippen molar-refractivity contribution < 1.29 is 34.4 Å². The maximum Gasteiger partial charge on any atom is 0.335 e. The lowest BCUT2D eigenvalue weighted by molar-refractivity contribution is -0.132. The van der Waals surface area contributed by atoms with Gasteiger partial charge >= 0.3 is 11.9 Å². The second kappa shape index (κ2) is 9.64. The number of carboxylic acids is 1. The lowest BCUT2D eigenvalue weighted by Crippen LogP contribution is -2.30. The van der Waals surface area contributed by atoms with E-state index in [1.807, 2.05) is 13.8 Å². The van der Waals surface area contributed by atoms with Gasteiger partial charge in [0.15, 0.2) is 0 Å². The van der Waals surface area contributed by atoms with Crippen LogP contribution in [0.3, 0.4) is 0 Å². The molecule has 198 valence electrons. The smallest absolute Gasteiger partial charge is 0.335 e. The summed E-state index contributed by atoms with van der Waals surface area (Å²) in [5, 5.41) is 30.6. The van der Waals surface area contributed by atoms with Gasteiger partial charge in [-0.1, -0.05) is 26.0 Å². The van der Waals surface area contributed by atoms with Crippen LogP contribution in [-0.2, 0) is 9.59 Å². The Balaban J connectivity index is 1.71. The molecule has 1 saturated heterocycles. The summed E-state index contributed by atoms with van der Waals surface area (Å²) in [7, 11) is 1.55. The van der Waals surface area contributed by atoms with Crippen molar-refractivity contribution in [2.24, 2.45) is 0 Å². The number of aromatic hydroxyl groups is 1. The van der Waals surface area contributed by atoms with E-state index in [1.54, 1.807) is 37.4 Å². The van der Waals surface area contributed by atoms with Gasteiger partial charge in [-0.05, 0) is 65.6 Å². The van der Waals surface area contributed by atoms with Crippen LogP contribution in [0.5, 0.6) is 11.5 Å². The molecule has 1 aliphatic heterocycles. The monoisotopic (exact) mass is 527 g/mol. The van der Waals surface area contributed by atoms with Crippen molar-refractivity contribution >= 4 is 40.4 Å². The Labute approximate surface area is 222 Å². The summed E-state index contributed by atoms with van der Waals surface area (Å²) >= 11 is 0. The summed E-state index contributed by atoms with van der Waals surface area (Å²) in [5.74, 6) is -2.68. The lowest BCUT2D eigenvalue weighted by atomic mass is 9.93. The number of hydrogen-bond donors (Lipinski definition) is 4. The van der Waals surface area contributed by atoms with E-state index >= 15 is 0 Å². The number of amides is 1. The van der Waals surface area contributed by atoms with Crippen LogP contribution >= 0.6 is 0 Å². The number of rotatable bonds is 6. The number of Topliss-reactive ketones (excluding diaryl/α,β-unsaturated/α-hetero) is 1. The van der Waals surface area contributed by atoms with Crippen molar-refractivity contribution in [1.29, 1.82) is 0 Å². The molecule has 0 saturated carbocycles. The molecule has 0 aliphatic carbocycles. The maximum absolute atomic E-state index is 13.5. The predicted octanol–water partition coefficient (Wildman–Crippen LogP) is 4.73. The molecule has 2 heterocycles. The number of ether oxygens (including phenoxy) is 1. The van der Waals surface area contributed by atoms with Crippen molar-refractivity contribution in [2.45, 2.75) is 25.8 Å². The average Bonchev–Trinajstić information content (AvgIpc) is 3.45. The zero-order valence-corrected chi connectivity index (χ0v) is 21.3. The number of hydrogen-bond acceptors (Lipinski definition) is 7. The van der Waals surface area contributed by atoms with E-state index in [0.717, 1.165) is 10.5 Å². The van der Waals surface area contributed by atoms with E-state index in [4.69, 9.17) is 4.74 Å². The van der Waals surface area contributed by atoms with Crippen molar-refractivity contribution in [3.05, 3.63) is 88.5 Å². The zero-order valence-electron chi connectivity index (χ0n) is 21.3. The van der Waals surface area contributed by atoms with Gasteiger partial charge in [0, 0.05) is 5.56 Å². The van der Waals surface area contributed by atoms with Gasteiger partial charge in [0.25, 0.3) is 5.78 Å². The number of aromatic carboxylic acids is 1. The fraction of sp³-hybridized carbons (Fsp3) is 0.172. The van der Waals surface area contributed by atoms with Crippen LogP contribution in [0.2, 0.25) is 0 Å². The van der Waals surface area contributed by atoms with Crippen molar-refractivity contribution in [2.75, 3.05) is 12.0 Å². The molecule has 3 aromatic carbocycles. The molecule has 1 fully saturated rings. The summed E-state index contributed by atoms with van der Waals surface area (Å²) in [4.78, 5) is 46.8. The van der Waals surface area contributed by atoms with Crippen LogP contribution in [0.1, 0.15) is 52.9 Å². The minimum atomic E-state index is -1.13. The number of carbonyl (C=O) groups is 3. The fourth-order valence-corrected chi connectivity index (χ4v) is 4.75. The topological polar surface area (TPSA) is 153 Å². The molecule has 4 aromatic rings. The summed E-state index contributed by atoms with van der Waals surface area (Å²) in [6, 6.07) is 14.1. The van der Waals surface area contributed by atoms with E-state index in [0.29, 0.717) is 27.9 Å². The minimum absolute atomic E-state index is 0.00404. The number of aliphatic hydroxyl groups is 1. The SMILES string of the molecule is COc1ccc(/C(O)=C2\C(=O)C(=O)N(c3nc4ccc(C(=O)O)cc4[nH]3)C2c2ccc(O)cc2)cc1C(C)C. The third kappa shape index (κ3) is 4.35. The van der Waals surface area contributed by atoms with Gasteiger partial charge in [-0.2, -0.15) is 0 Å². The largest absolute Gasteiger partial charge is 0.508 e. The van der Waals surface area contributed by atoms with E-state index in [1.165, 1.54) is 30.3 Å². The molecule has 0 radical (unpaired) electrons. The van der Waals surface area contributed by atoms with Gasteiger partial charge in [0.1, 0.15) is 17.3 Å². The number of benzene rings is 3. The summed E-state index contributed by atoms with van der Waals surface area (Å²) in [5.41, 5.74) is 2.19. The van der Waals surface area contributed by atoms with Gasteiger partial charge in [0.05, 0.1) is 35.3 Å². The second-order valence-corrected chi connectivity index (χ2v) is 9.47. The number of ketones is 1. The number of imidazole rings is 1. The van der Waals surface area contributed by atoms with Crippen LogP contribution in [0.15, 0.2) is 66.2 Å². The van der Waals surface area contributed by atoms with Crippen LogP contribution in [0.25, 0.3) is 16.8 Å². The van der Waals surface area contributed by atoms with Crippen molar-refractivity contribution in [1.82, 2.24) is 9.97 Å². The highest BCUT2D eigenvalue weighted by molar-refractivity contribution is 6.51. The summed E-state index contributed by atoms with van der Waals surface area (Å²) in [6.45, 7) is 3.93. The van der Waals surface area contributed by atoms with Gasteiger partial charge in [-0.3, -0.25) is 14.5 Å². The molecule has 4 N–H and O–H groups in total. The number of carboxylic acid groups (broad SMARTS) is 1. The number of aromatic amines is 1. The number of anilines is 1. The fourth-order valence-electron chi connectivity index (χ4n) is 4.75. The number of phenolic OH excluding ortho intramolecular Hbond substituents is 1. The minimum Gasteiger partial charge on any atom is -0.508 e. The first-order chi connectivity index (χ1) is 18.6. The van der Waals surface area contributed by atoms with E-state index < -0.39 is 23.7 Å². The Kier molecular flexibility index (Phi) is 6.31. The normalized spacial score (nSPS) is 16.8. The molecular formula is C29H25N3O7. The summed E-state index contributed by atoms with van der Waals surface area (Å²) in [6.07, 6.45) is 0. The average molecular weight is 528 g/mol. The quantitative estimate of drug-likeness (QED) is 0.160. The molecule has 10 heteroatoms. The molecule has 1 unspecified atom stereocenters. The third-order valence-corrected chi connectivity index (χ3v) is 6.72. The lowest BCUT2D eigenvalue weighted by Gasteiger charge is -2.23. The molecule has 0 bridgehead atoms. The highest BCUT2D eigenvalue weighted by atomic mass is 16.5. The number of aliphatic hydroxyl groups excluding tert-OH is 1. The number of nitrogens with zero attached hydrogens (tertiary/aromatic N) is 2. The van der Waals surface area contributed by atoms with Crippen LogP contribution in [-0.4, -0.2) is 50.1 Å². The van der Waals surface area contributed by atoms with Gasteiger partial charge < -0.3 is 25.0 Å². The molecule has 39 heavy (non-hydrogen) atoms. The number of aromatic nitrogens is 2. The van der Waals surface area contributed by atoms with Crippen LogP contribution in [0.4, 0.5) is 5.95 Å². The molecular weight excluding hydrogens is 502 g/mol. The Morgan fingerprint density at radius 3 is 2.33 bits per heavy atom. The van der Waals surface area contributed by atoms with Gasteiger partial charge in [0.2, 0.25) is 5.95 Å². The van der Waals surface area contributed by atoms with E-state index in [9.17, 15) is 29.7 Å². The molecule has 10 nitrogen and oxygen atoms in total. The zero-order chi connectivity index (χ0) is 28.0.